The fourth-order valence-electron chi connectivity index (χ4n) is 1.18. The number of imidazole rings is 1. The Bertz CT molecular complexity index is 410. The summed E-state index contributed by atoms with van der Waals surface area (Å²) in [7, 11) is 0. The molecule has 0 saturated carbocycles. The smallest absolute Gasteiger partial charge is 0.0948 e. The number of aliphatic hydroxyl groups excluding tert-OH is 1. The van der Waals surface area contributed by atoms with Crippen molar-refractivity contribution in [1.29, 1.82) is 0 Å². The van der Waals surface area contributed by atoms with Gasteiger partial charge in [0.1, 0.15) is 0 Å². The van der Waals surface area contributed by atoms with Gasteiger partial charge >= 0.3 is 0 Å². The van der Waals surface area contributed by atoms with Gasteiger partial charge in [-0.1, -0.05) is 6.07 Å². The second kappa shape index (κ2) is 3.02. The quantitative estimate of drug-likeness (QED) is 0.777. The van der Waals surface area contributed by atoms with Gasteiger partial charge in [0.05, 0.1) is 24.0 Å². The minimum absolute atomic E-state index is 0.0400. The lowest BCUT2D eigenvalue weighted by molar-refractivity contribution is 0.283. The van der Waals surface area contributed by atoms with E-state index in [9.17, 15) is 0 Å². The predicted molar refractivity (Wildman–Crippen MR) is 54.7 cm³/mol. The molecule has 0 aliphatic carbocycles. The summed E-state index contributed by atoms with van der Waals surface area (Å²) in [5.74, 6) is 0. The van der Waals surface area contributed by atoms with E-state index >= 15 is 0 Å². The lowest BCUT2D eigenvalue weighted by Gasteiger charge is -1.98. The molecule has 1 aromatic carbocycles. The summed E-state index contributed by atoms with van der Waals surface area (Å²) in [6, 6.07) is 3.86. The highest BCUT2D eigenvalue weighted by Crippen LogP contribution is 2.20. The molecular formula is C8H7IN2O. The maximum Gasteiger partial charge on any atom is 0.0948 e. The van der Waals surface area contributed by atoms with E-state index < -0.39 is 0 Å². The van der Waals surface area contributed by atoms with Crippen LogP contribution >= 0.6 is 22.6 Å². The SMILES string of the molecule is OCc1ccc(I)c2[nH]cnc12. The molecule has 0 radical (unpaired) electrons. The third-order valence-electron chi connectivity index (χ3n) is 1.78. The summed E-state index contributed by atoms with van der Waals surface area (Å²) in [4.78, 5) is 7.16. The number of H-pyrrole nitrogens is 1. The summed E-state index contributed by atoms with van der Waals surface area (Å²) in [6.07, 6.45) is 1.64. The standard InChI is InChI=1S/C8H7IN2O/c9-6-2-1-5(3-12)7-8(6)11-4-10-7/h1-2,4,12H,3H2,(H,10,11). The molecule has 0 bridgehead atoms. The number of rotatable bonds is 1. The molecule has 0 amide bonds. The van der Waals surface area contributed by atoms with Crippen LogP contribution in [0.1, 0.15) is 5.56 Å². The van der Waals surface area contributed by atoms with Crippen LogP contribution < -0.4 is 0 Å². The molecule has 0 aliphatic heterocycles. The van der Waals surface area contributed by atoms with Crippen molar-refractivity contribution in [2.24, 2.45) is 0 Å². The number of fused-ring (bicyclic) bond motifs is 1. The van der Waals surface area contributed by atoms with Crippen LogP contribution in [-0.2, 0) is 6.61 Å². The fourth-order valence-corrected chi connectivity index (χ4v) is 1.77. The van der Waals surface area contributed by atoms with Crippen LogP contribution in [0.15, 0.2) is 18.5 Å². The molecule has 2 aromatic rings. The Balaban J connectivity index is 2.82. The van der Waals surface area contributed by atoms with Gasteiger partial charge in [0.25, 0.3) is 0 Å². The first kappa shape index (κ1) is 8.00. The summed E-state index contributed by atoms with van der Waals surface area (Å²) in [5.41, 5.74) is 2.73. The van der Waals surface area contributed by atoms with Crippen LogP contribution in [0.25, 0.3) is 11.0 Å². The molecule has 12 heavy (non-hydrogen) atoms. The Morgan fingerprint density at radius 2 is 2.33 bits per heavy atom. The molecule has 2 rings (SSSR count). The molecule has 62 valence electrons. The van der Waals surface area contributed by atoms with Gasteiger partial charge in [0.15, 0.2) is 0 Å². The lowest BCUT2D eigenvalue weighted by Crippen LogP contribution is -1.86. The molecule has 0 unspecified atom stereocenters. The maximum absolute atomic E-state index is 8.99. The van der Waals surface area contributed by atoms with E-state index in [1.54, 1.807) is 6.33 Å². The van der Waals surface area contributed by atoms with E-state index in [1.165, 1.54) is 0 Å². The Kier molecular flexibility index (Phi) is 2.02. The third-order valence-corrected chi connectivity index (χ3v) is 2.68. The Hall–Kier alpha value is -0.620. The highest BCUT2D eigenvalue weighted by atomic mass is 127. The van der Waals surface area contributed by atoms with E-state index in [0.717, 1.165) is 20.2 Å². The molecule has 0 fully saturated rings. The van der Waals surface area contributed by atoms with Gasteiger partial charge in [-0.2, -0.15) is 0 Å². The van der Waals surface area contributed by atoms with Crippen LogP contribution in [0.2, 0.25) is 0 Å². The third kappa shape index (κ3) is 1.11. The average molecular weight is 274 g/mol. The highest BCUT2D eigenvalue weighted by Gasteiger charge is 2.04. The van der Waals surface area contributed by atoms with Crippen LogP contribution in [-0.4, -0.2) is 15.1 Å². The van der Waals surface area contributed by atoms with Gasteiger partial charge in [0, 0.05) is 9.13 Å². The zero-order valence-electron chi connectivity index (χ0n) is 6.21. The molecule has 1 aromatic heterocycles. The first-order chi connectivity index (χ1) is 5.83. The van der Waals surface area contributed by atoms with Crippen molar-refractivity contribution in [2.75, 3.05) is 0 Å². The molecule has 4 heteroatoms. The maximum atomic E-state index is 8.99. The normalized spacial score (nSPS) is 10.8. The van der Waals surface area contributed by atoms with Crippen LogP contribution in [0.4, 0.5) is 0 Å². The van der Waals surface area contributed by atoms with Crippen molar-refractivity contribution in [2.45, 2.75) is 6.61 Å². The molecule has 0 aliphatic rings. The molecule has 1 heterocycles. The number of aliphatic hydroxyl groups is 1. The number of nitrogens with zero attached hydrogens (tertiary/aromatic N) is 1. The Labute approximate surface area is 83.0 Å². The molecular weight excluding hydrogens is 267 g/mol. The van der Waals surface area contributed by atoms with E-state index in [-0.39, 0.29) is 6.61 Å². The van der Waals surface area contributed by atoms with Crippen molar-refractivity contribution in [3.8, 4) is 0 Å². The summed E-state index contributed by atoms with van der Waals surface area (Å²) < 4.78 is 1.12. The zero-order valence-corrected chi connectivity index (χ0v) is 8.37. The van der Waals surface area contributed by atoms with Gasteiger partial charge in [0.2, 0.25) is 0 Å². The number of aromatic amines is 1. The van der Waals surface area contributed by atoms with Crippen molar-refractivity contribution in [1.82, 2.24) is 9.97 Å². The number of aromatic nitrogens is 2. The predicted octanol–water partition coefficient (Wildman–Crippen LogP) is 1.66. The number of hydrogen-bond donors (Lipinski definition) is 2. The van der Waals surface area contributed by atoms with E-state index in [0.29, 0.717) is 0 Å². The molecule has 3 nitrogen and oxygen atoms in total. The van der Waals surface area contributed by atoms with Crippen LogP contribution in [0.5, 0.6) is 0 Å². The highest BCUT2D eigenvalue weighted by molar-refractivity contribution is 14.1. The lowest BCUT2D eigenvalue weighted by atomic mass is 10.2. The second-order valence-corrected chi connectivity index (χ2v) is 3.65. The Morgan fingerprint density at radius 1 is 1.50 bits per heavy atom. The first-order valence-corrected chi connectivity index (χ1v) is 4.62. The summed E-state index contributed by atoms with van der Waals surface area (Å²) in [5, 5.41) is 8.99. The topological polar surface area (TPSA) is 48.9 Å². The monoisotopic (exact) mass is 274 g/mol. The van der Waals surface area contributed by atoms with Crippen molar-refractivity contribution >= 4 is 33.6 Å². The molecule has 0 spiro atoms. The second-order valence-electron chi connectivity index (χ2n) is 2.49. The van der Waals surface area contributed by atoms with Gasteiger partial charge in [-0.25, -0.2) is 4.98 Å². The molecule has 0 saturated heterocycles. The van der Waals surface area contributed by atoms with Crippen molar-refractivity contribution in [3.05, 3.63) is 27.6 Å². The first-order valence-electron chi connectivity index (χ1n) is 3.54. The fraction of sp³-hybridized carbons (Fsp3) is 0.125. The van der Waals surface area contributed by atoms with Gasteiger partial charge < -0.3 is 10.1 Å². The van der Waals surface area contributed by atoms with Crippen LogP contribution in [0, 0.1) is 3.57 Å². The minimum atomic E-state index is 0.0400. The van der Waals surface area contributed by atoms with E-state index in [1.807, 2.05) is 12.1 Å². The van der Waals surface area contributed by atoms with E-state index in [4.69, 9.17) is 5.11 Å². The van der Waals surface area contributed by atoms with Crippen LogP contribution in [0.3, 0.4) is 0 Å². The van der Waals surface area contributed by atoms with Gasteiger partial charge in [-0.3, -0.25) is 0 Å². The number of halogens is 1. The largest absolute Gasteiger partial charge is 0.392 e. The minimum Gasteiger partial charge on any atom is -0.392 e. The average Bonchev–Trinajstić information content (AvgIpc) is 2.54. The Morgan fingerprint density at radius 3 is 3.08 bits per heavy atom. The van der Waals surface area contributed by atoms with Crippen molar-refractivity contribution < 1.29 is 5.11 Å². The number of nitrogens with one attached hydrogen (secondary N) is 1. The van der Waals surface area contributed by atoms with Gasteiger partial charge in [-0.05, 0) is 28.7 Å². The zero-order chi connectivity index (χ0) is 8.55. The molecule has 2 N–H and O–H groups in total. The summed E-state index contributed by atoms with van der Waals surface area (Å²) >= 11 is 2.23. The number of benzene rings is 1. The molecule has 0 atom stereocenters. The van der Waals surface area contributed by atoms with Crippen molar-refractivity contribution in [3.63, 3.8) is 0 Å². The van der Waals surface area contributed by atoms with Gasteiger partial charge in [-0.15, -0.1) is 0 Å². The van der Waals surface area contributed by atoms with E-state index in [2.05, 4.69) is 32.6 Å². The number of hydrogen-bond acceptors (Lipinski definition) is 2. The summed E-state index contributed by atoms with van der Waals surface area (Å²) in [6.45, 7) is 0.0400.